The number of nitrogens with zero attached hydrogens (tertiary/aromatic N) is 4. The second-order valence-electron chi connectivity index (χ2n) is 10.7. The van der Waals surface area contributed by atoms with E-state index in [0.717, 1.165) is 24.5 Å². The molecule has 0 saturated carbocycles. The summed E-state index contributed by atoms with van der Waals surface area (Å²) in [5.41, 5.74) is 0. The Balaban J connectivity index is 1.27. The van der Waals surface area contributed by atoms with Gasteiger partial charge in [0.15, 0.2) is 9.84 Å². The number of sulfonamides is 1. The van der Waals surface area contributed by atoms with Gasteiger partial charge in [0.25, 0.3) is 0 Å². The smallest absolute Gasteiger partial charge is 0.242 e. The monoisotopic (exact) mass is 649 g/mol. The van der Waals surface area contributed by atoms with Gasteiger partial charge in [0.1, 0.15) is 11.8 Å². The Bertz CT molecular complexity index is 1370. The molecule has 0 aromatic carbocycles. The standard InChI is InChI=1S/C25H36ClN5O7S3/c1-40(35,36)18-24(33)29-13-11-28(12-14-29)16-19-4-2-10-31(19)23(32)17-30-9-3-5-21(25(30)34)27-41(37,38)15-8-20-6-7-22(26)39-20/h6-8,15,19,21,27H,2-5,9-14,16-18H2,1H3/b15-8+/t19-,21-/m0/s1. The number of piperidine rings is 1. The molecule has 228 valence electrons. The van der Waals surface area contributed by atoms with E-state index in [0.29, 0.717) is 67.9 Å². The number of halogens is 1. The van der Waals surface area contributed by atoms with Crippen molar-refractivity contribution >= 4 is 66.6 Å². The number of carbonyl (C=O) groups is 3. The van der Waals surface area contributed by atoms with Gasteiger partial charge in [-0.15, -0.1) is 11.3 Å². The summed E-state index contributed by atoms with van der Waals surface area (Å²) < 4.78 is 51.1. The van der Waals surface area contributed by atoms with Gasteiger partial charge < -0.3 is 14.7 Å². The first-order chi connectivity index (χ1) is 19.3. The van der Waals surface area contributed by atoms with Crippen LogP contribution in [0.1, 0.15) is 30.6 Å². The second-order valence-corrected chi connectivity index (χ2v) is 16.2. The Morgan fingerprint density at radius 1 is 1.02 bits per heavy atom. The van der Waals surface area contributed by atoms with Gasteiger partial charge in [-0.05, 0) is 43.9 Å². The Morgan fingerprint density at radius 3 is 2.39 bits per heavy atom. The van der Waals surface area contributed by atoms with Crippen LogP contribution in [0.2, 0.25) is 4.34 Å². The van der Waals surface area contributed by atoms with Crippen molar-refractivity contribution in [1.29, 1.82) is 0 Å². The zero-order valence-corrected chi connectivity index (χ0v) is 26.1. The number of hydrogen-bond donors (Lipinski definition) is 1. The molecule has 4 heterocycles. The molecule has 3 fully saturated rings. The molecule has 1 N–H and O–H groups in total. The third-order valence-electron chi connectivity index (χ3n) is 7.45. The number of sulfone groups is 1. The van der Waals surface area contributed by atoms with E-state index in [2.05, 4.69) is 9.62 Å². The van der Waals surface area contributed by atoms with Crippen molar-refractivity contribution in [3.05, 3.63) is 26.8 Å². The fraction of sp³-hybridized carbons (Fsp3) is 0.640. The van der Waals surface area contributed by atoms with E-state index >= 15 is 0 Å². The highest BCUT2D eigenvalue weighted by molar-refractivity contribution is 7.92. The summed E-state index contributed by atoms with van der Waals surface area (Å²) >= 11 is 7.13. The highest BCUT2D eigenvalue weighted by Gasteiger charge is 2.36. The van der Waals surface area contributed by atoms with Crippen LogP contribution in [0.15, 0.2) is 17.5 Å². The maximum absolute atomic E-state index is 13.3. The van der Waals surface area contributed by atoms with E-state index in [1.54, 1.807) is 21.9 Å². The van der Waals surface area contributed by atoms with Crippen molar-refractivity contribution in [1.82, 2.24) is 24.3 Å². The lowest BCUT2D eigenvalue weighted by Crippen LogP contribution is -2.56. The SMILES string of the molecule is CS(=O)(=O)CC(=O)N1CCN(C[C@@H]2CCCN2C(=O)CN2CCC[C@H](NS(=O)(=O)/C=C/c3ccc(Cl)s3)C2=O)CC1. The van der Waals surface area contributed by atoms with E-state index in [4.69, 9.17) is 11.6 Å². The first kappa shape index (κ1) is 31.9. The van der Waals surface area contributed by atoms with Gasteiger partial charge in [-0.3, -0.25) is 19.3 Å². The summed E-state index contributed by atoms with van der Waals surface area (Å²) in [4.78, 5) is 46.3. The molecule has 0 aliphatic carbocycles. The normalized spacial score (nSPS) is 23.1. The maximum atomic E-state index is 13.3. The average Bonchev–Trinajstić information content (AvgIpc) is 3.53. The van der Waals surface area contributed by atoms with E-state index < -0.39 is 37.6 Å². The average molecular weight is 650 g/mol. The summed E-state index contributed by atoms with van der Waals surface area (Å²) in [7, 11) is -7.26. The van der Waals surface area contributed by atoms with Crippen molar-refractivity contribution in [2.24, 2.45) is 0 Å². The maximum Gasteiger partial charge on any atom is 0.242 e. The van der Waals surface area contributed by atoms with E-state index in [-0.39, 0.29) is 24.4 Å². The number of likely N-dealkylation sites (tertiary alicyclic amines) is 2. The Hall–Kier alpha value is -2.04. The number of nitrogens with one attached hydrogen (secondary N) is 1. The molecule has 3 saturated heterocycles. The molecule has 41 heavy (non-hydrogen) atoms. The fourth-order valence-corrected chi connectivity index (χ4v) is 8.12. The van der Waals surface area contributed by atoms with Gasteiger partial charge >= 0.3 is 0 Å². The summed E-state index contributed by atoms with van der Waals surface area (Å²) in [5, 5.41) is 1.02. The zero-order valence-electron chi connectivity index (χ0n) is 22.9. The Labute approximate surface area is 250 Å². The van der Waals surface area contributed by atoms with Crippen molar-refractivity contribution < 1.29 is 31.2 Å². The molecule has 3 aliphatic rings. The number of amides is 3. The molecule has 16 heteroatoms. The predicted molar refractivity (Wildman–Crippen MR) is 157 cm³/mol. The molecule has 0 radical (unpaired) electrons. The van der Waals surface area contributed by atoms with Crippen LogP contribution in [0.4, 0.5) is 0 Å². The predicted octanol–water partition coefficient (Wildman–Crippen LogP) is 0.462. The number of piperazine rings is 1. The van der Waals surface area contributed by atoms with Gasteiger partial charge in [-0.1, -0.05) is 11.6 Å². The molecule has 2 atom stereocenters. The van der Waals surface area contributed by atoms with Crippen LogP contribution in [-0.4, -0.2) is 131 Å². The molecule has 3 amide bonds. The fourth-order valence-electron chi connectivity index (χ4n) is 5.42. The summed E-state index contributed by atoms with van der Waals surface area (Å²) in [6.45, 7) is 3.56. The third kappa shape index (κ3) is 9.22. The van der Waals surface area contributed by atoms with Crippen LogP contribution in [-0.2, 0) is 34.2 Å². The molecule has 1 aromatic heterocycles. The number of hydrogen-bond acceptors (Lipinski definition) is 9. The lowest BCUT2D eigenvalue weighted by molar-refractivity contribution is -0.143. The zero-order chi connectivity index (χ0) is 29.8. The van der Waals surface area contributed by atoms with Gasteiger partial charge in [0.05, 0.1) is 10.9 Å². The minimum Gasteiger partial charge on any atom is -0.339 e. The van der Waals surface area contributed by atoms with Gasteiger partial charge in [0, 0.05) is 68.4 Å². The van der Waals surface area contributed by atoms with Crippen molar-refractivity contribution in [3.8, 4) is 0 Å². The summed E-state index contributed by atoms with van der Waals surface area (Å²) in [6, 6.07) is 2.41. The first-order valence-corrected chi connectivity index (χ1v) is 18.3. The minimum atomic E-state index is -3.88. The summed E-state index contributed by atoms with van der Waals surface area (Å²) in [6.07, 6.45) is 5.08. The molecule has 3 aliphatic heterocycles. The minimum absolute atomic E-state index is 0.0224. The quantitative estimate of drug-likeness (QED) is 0.385. The first-order valence-electron chi connectivity index (χ1n) is 13.5. The lowest BCUT2D eigenvalue weighted by atomic mass is 10.1. The van der Waals surface area contributed by atoms with Gasteiger partial charge in [-0.2, -0.15) is 4.72 Å². The highest BCUT2D eigenvalue weighted by Crippen LogP contribution is 2.23. The molecule has 4 rings (SSSR count). The molecule has 0 bridgehead atoms. The van der Waals surface area contributed by atoms with Gasteiger partial charge in [-0.25, -0.2) is 16.8 Å². The van der Waals surface area contributed by atoms with Crippen LogP contribution >= 0.6 is 22.9 Å². The third-order valence-corrected chi connectivity index (χ3v) is 10.5. The lowest BCUT2D eigenvalue weighted by Gasteiger charge is -2.38. The molecular weight excluding hydrogens is 614 g/mol. The Morgan fingerprint density at radius 2 is 1.73 bits per heavy atom. The largest absolute Gasteiger partial charge is 0.339 e. The number of thiophene rings is 1. The van der Waals surface area contributed by atoms with Crippen LogP contribution in [0, 0.1) is 0 Å². The van der Waals surface area contributed by atoms with Crippen LogP contribution in [0.25, 0.3) is 6.08 Å². The number of carbonyl (C=O) groups excluding carboxylic acids is 3. The highest BCUT2D eigenvalue weighted by atomic mass is 35.5. The van der Waals surface area contributed by atoms with E-state index in [9.17, 15) is 31.2 Å². The molecule has 1 aromatic rings. The van der Waals surface area contributed by atoms with E-state index in [1.165, 1.54) is 22.3 Å². The molecule has 12 nitrogen and oxygen atoms in total. The topological polar surface area (TPSA) is 144 Å². The van der Waals surface area contributed by atoms with Crippen molar-refractivity contribution in [3.63, 3.8) is 0 Å². The van der Waals surface area contributed by atoms with Crippen molar-refractivity contribution in [2.75, 3.05) is 64.4 Å². The van der Waals surface area contributed by atoms with Crippen LogP contribution < -0.4 is 4.72 Å². The summed E-state index contributed by atoms with van der Waals surface area (Å²) in [5.74, 6) is -1.46. The van der Waals surface area contributed by atoms with Crippen LogP contribution in [0.3, 0.4) is 0 Å². The van der Waals surface area contributed by atoms with Crippen LogP contribution in [0.5, 0.6) is 0 Å². The van der Waals surface area contributed by atoms with Gasteiger partial charge in [0.2, 0.25) is 27.7 Å². The number of rotatable bonds is 10. The molecule has 0 spiro atoms. The van der Waals surface area contributed by atoms with E-state index in [1.807, 2.05) is 0 Å². The Kier molecular flexibility index (Phi) is 10.5. The molecule has 0 unspecified atom stereocenters. The second kappa shape index (κ2) is 13.5. The molecular formula is C25H36ClN5O7S3. The van der Waals surface area contributed by atoms with Crippen molar-refractivity contribution in [2.45, 2.75) is 37.8 Å².